The van der Waals surface area contributed by atoms with Crippen LogP contribution in [0.3, 0.4) is 0 Å². The van der Waals surface area contributed by atoms with Crippen LogP contribution in [0.25, 0.3) is 0 Å². The maximum atomic E-state index is 12.7. The highest BCUT2D eigenvalue weighted by Gasteiger charge is 2.19. The lowest BCUT2D eigenvalue weighted by Crippen LogP contribution is -2.40. The Bertz CT molecular complexity index is 933. The van der Waals surface area contributed by atoms with E-state index in [9.17, 15) is 13.2 Å². The van der Waals surface area contributed by atoms with Crippen molar-refractivity contribution in [1.82, 2.24) is 5.32 Å². The Morgan fingerprint density at radius 1 is 0.963 bits per heavy atom. The van der Waals surface area contributed by atoms with Crippen LogP contribution >= 0.6 is 0 Å². The van der Waals surface area contributed by atoms with Gasteiger partial charge >= 0.3 is 0 Å². The van der Waals surface area contributed by atoms with Crippen molar-refractivity contribution in [1.29, 1.82) is 0 Å². The maximum absolute atomic E-state index is 12.7. The third kappa shape index (κ3) is 5.37. The predicted molar refractivity (Wildman–Crippen MR) is 104 cm³/mol. The summed E-state index contributed by atoms with van der Waals surface area (Å²) in [7, 11) is -0.922. The third-order valence-corrected chi connectivity index (χ3v) is 4.91. The highest BCUT2D eigenvalue weighted by molar-refractivity contribution is 7.92. The van der Waals surface area contributed by atoms with Crippen LogP contribution in [0.2, 0.25) is 0 Å². The Hall–Kier alpha value is -2.74. The number of anilines is 1. The summed E-state index contributed by atoms with van der Waals surface area (Å²) in [5.41, 5.74) is 0.154. The number of nitrogens with one attached hydrogen (secondary N) is 2. The number of hydrogen-bond acceptors (Lipinski definition) is 5. The van der Waals surface area contributed by atoms with Crippen LogP contribution < -0.4 is 19.5 Å². The van der Waals surface area contributed by atoms with Gasteiger partial charge in [-0.2, -0.15) is 0 Å². The van der Waals surface area contributed by atoms with Gasteiger partial charge in [0, 0.05) is 17.2 Å². The van der Waals surface area contributed by atoms with Crippen molar-refractivity contribution in [2.45, 2.75) is 31.2 Å². The monoisotopic (exact) mass is 392 g/mol. The molecule has 7 nitrogen and oxygen atoms in total. The molecule has 0 radical (unpaired) electrons. The third-order valence-electron chi connectivity index (χ3n) is 3.53. The number of rotatable bonds is 6. The van der Waals surface area contributed by atoms with Gasteiger partial charge in [0.2, 0.25) is 0 Å². The van der Waals surface area contributed by atoms with E-state index < -0.39 is 15.6 Å². The maximum Gasteiger partial charge on any atom is 0.261 e. The smallest absolute Gasteiger partial charge is 0.261 e. The molecule has 0 fully saturated rings. The van der Waals surface area contributed by atoms with E-state index in [1.165, 1.54) is 38.5 Å². The highest BCUT2D eigenvalue weighted by atomic mass is 32.2. The molecule has 27 heavy (non-hydrogen) atoms. The molecule has 0 saturated heterocycles. The molecule has 0 atom stereocenters. The molecule has 2 aromatic rings. The summed E-state index contributed by atoms with van der Waals surface area (Å²) in [6.45, 7) is 5.55. The fourth-order valence-corrected chi connectivity index (χ4v) is 3.43. The number of ether oxygens (including phenoxy) is 2. The largest absolute Gasteiger partial charge is 0.493 e. The molecule has 1 amide bonds. The van der Waals surface area contributed by atoms with E-state index in [0.717, 1.165) is 0 Å². The van der Waals surface area contributed by atoms with Crippen LogP contribution in [0, 0.1) is 0 Å². The minimum absolute atomic E-state index is 0.0150. The lowest BCUT2D eigenvalue weighted by atomic mass is 10.1. The van der Waals surface area contributed by atoms with Gasteiger partial charge in [-0.3, -0.25) is 9.52 Å². The minimum Gasteiger partial charge on any atom is -0.493 e. The number of amides is 1. The average Bonchev–Trinajstić information content (AvgIpc) is 2.60. The fourth-order valence-electron chi connectivity index (χ4n) is 2.33. The molecular formula is C19H24N2O5S. The molecule has 8 heteroatoms. The van der Waals surface area contributed by atoms with Crippen molar-refractivity contribution in [3.63, 3.8) is 0 Å². The normalized spacial score (nSPS) is 11.6. The quantitative estimate of drug-likeness (QED) is 0.788. The summed E-state index contributed by atoms with van der Waals surface area (Å²) in [5.74, 6) is 0.544. The lowest BCUT2D eigenvalue weighted by Gasteiger charge is -2.20. The zero-order valence-electron chi connectivity index (χ0n) is 16.0. The van der Waals surface area contributed by atoms with Crippen LogP contribution in [0.5, 0.6) is 11.5 Å². The van der Waals surface area contributed by atoms with E-state index in [-0.39, 0.29) is 16.4 Å². The van der Waals surface area contributed by atoms with E-state index >= 15 is 0 Å². The molecule has 2 aromatic carbocycles. The van der Waals surface area contributed by atoms with Crippen LogP contribution in [0.15, 0.2) is 47.4 Å². The minimum atomic E-state index is -3.88. The summed E-state index contributed by atoms with van der Waals surface area (Å²) in [5, 5.41) is 2.81. The first kappa shape index (κ1) is 20.6. The van der Waals surface area contributed by atoms with Gasteiger partial charge in [0.05, 0.1) is 24.8 Å². The Labute approximate surface area is 159 Å². The predicted octanol–water partition coefficient (Wildman–Crippen LogP) is 3.03. The van der Waals surface area contributed by atoms with Gasteiger partial charge in [0.25, 0.3) is 15.9 Å². The molecule has 2 N–H and O–H groups in total. The summed E-state index contributed by atoms with van der Waals surface area (Å²) < 4.78 is 38.2. The number of carbonyl (C=O) groups is 1. The molecule has 0 aliphatic carbocycles. The SMILES string of the molecule is COc1ccc(NS(=O)(=O)c2cccc(C(=O)NC(C)(C)C)c2)cc1OC. The Balaban J connectivity index is 2.29. The van der Waals surface area contributed by atoms with Gasteiger partial charge in [-0.05, 0) is 51.1 Å². The van der Waals surface area contributed by atoms with Gasteiger partial charge in [-0.25, -0.2) is 8.42 Å². The van der Waals surface area contributed by atoms with Gasteiger partial charge in [-0.15, -0.1) is 0 Å². The molecule has 0 saturated carbocycles. The van der Waals surface area contributed by atoms with Crippen LogP contribution in [-0.4, -0.2) is 34.1 Å². The molecule has 0 aromatic heterocycles. The second-order valence-electron chi connectivity index (χ2n) is 6.91. The summed E-state index contributed by atoms with van der Waals surface area (Å²) in [4.78, 5) is 12.3. The van der Waals surface area contributed by atoms with Crippen molar-refractivity contribution in [2.75, 3.05) is 18.9 Å². The van der Waals surface area contributed by atoms with E-state index in [1.54, 1.807) is 18.2 Å². The number of hydrogen-bond donors (Lipinski definition) is 2. The molecular weight excluding hydrogens is 368 g/mol. The van der Waals surface area contributed by atoms with Crippen LogP contribution in [-0.2, 0) is 10.0 Å². The molecule has 146 valence electrons. The lowest BCUT2D eigenvalue weighted by molar-refractivity contribution is 0.0919. The molecule has 0 unspecified atom stereocenters. The number of sulfonamides is 1. The Morgan fingerprint density at radius 3 is 2.22 bits per heavy atom. The van der Waals surface area contributed by atoms with Gasteiger partial charge < -0.3 is 14.8 Å². The fraction of sp³-hybridized carbons (Fsp3) is 0.316. The number of benzene rings is 2. The summed E-state index contributed by atoms with van der Waals surface area (Å²) in [6.07, 6.45) is 0. The second kappa shape index (κ2) is 7.87. The molecule has 0 aliphatic rings. The number of carbonyl (C=O) groups excluding carboxylic acids is 1. The van der Waals surface area contributed by atoms with Crippen molar-refractivity contribution >= 4 is 21.6 Å². The first-order valence-electron chi connectivity index (χ1n) is 8.23. The molecule has 0 aliphatic heterocycles. The zero-order valence-corrected chi connectivity index (χ0v) is 16.8. The molecule has 0 heterocycles. The van der Waals surface area contributed by atoms with E-state index in [0.29, 0.717) is 17.2 Å². The van der Waals surface area contributed by atoms with Crippen LogP contribution in [0.4, 0.5) is 5.69 Å². The van der Waals surface area contributed by atoms with Gasteiger partial charge in [0.1, 0.15) is 0 Å². The van der Waals surface area contributed by atoms with Gasteiger partial charge in [0.15, 0.2) is 11.5 Å². The van der Waals surface area contributed by atoms with Crippen molar-refractivity contribution < 1.29 is 22.7 Å². The Morgan fingerprint density at radius 2 is 1.63 bits per heavy atom. The molecule has 0 bridgehead atoms. The van der Waals surface area contributed by atoms with Crippen molar-refractivity contribution in [3.05, 3.63) is 48.0 Å². The average molecular weight is 392 g/mol. The number of methoxy groups -OCH3 is 2. The zero-order chi connectivity index (χ0) is 20.2. The summed E-state index contributed by atoms with van der Waals surface area (Å²) >= 11 is 0. The standard InChI is InChI=1S/C19H24N2O5S/c1-19(2,3)20-18(22)13-7-6-8-15(11-13)27(23,24)21-14-9-10-16(25-4)17(12-14)26-5/h6-12,21H,1-5H3,(H,20,22). The molecule has 0 spiro atoms. The van der Waals surface area contributed by atoms with E-state index in [2.05, 4.69) is 10.0 Å². The highest BCUT2D eigenvalue weighted by Crippen LogP contribution is 2.30. The first-order valence-corrected chi connectivity index (χ1v) is 9.71. The topological polar surface area (TPSA) is 93.7 Å². The van der Waals surface area contributed by atoms with E-state index in [4.69, 9.17) is 9.47 Å². The molecule has 2 rings (SSSR count). The Kier molecular flexibility index (Phi) is 6.00. The first-order chi connectivity index (χ1) is 12.6. The van der Waals surface area contributed by atoms with Crippen molar-refractivity contribution in [3.8, 4) is 11.5 Å². The second-order valence-corrected chi connectivity index (χ2v) is 8.59. The van der Waals surface area contributed by atoms with Crippen LogP contribution in [0.1, 0.15) is 31.1 Å². The van der Waals surface area contributed by atoms with E-state index in [1.807, 2.05) is 20.8 Å². The van der Waals surface area contributed by atoms with Crippen molar-refractivity contribution in [2.24, 2.45) is 0 Å². The summed E-state index contributed by atoms with van der Waals surface area (Å²) in [6, 6.07) is 10.5. The van der Waals surface area contributed by atoms with Gasteiger partial charge in [-0.1, -0.05) is 6.07 Å².